The van der Waals surface area contributed by atoms with Crippen molar-refractivity contribution in [2.24, 2.45) is 0 Å². The summed E-state index contributed by atoms with van der Waals surface area (Å²) in [4.78, 5) is 39.1. The average Bonchev–Trinajstić information content (AvgIpc) is 2.95. The summed E-state index contributed by atoms with van der Waals surface area (Å²) in [6, 6.07) is 7.54. The van der Waals surface area contributed by atoms with Gasteiger partial charge in [-0.05, 0) is 12.5 Å². The number of halogens is 4. The van der Waals surface area contributed by atoms with Crippen LogP contribution >= 0.6 is 58.2 Å². The smallest absolute Gasteiger partial charge is 0.330 e. The Morgan fingerprint density at radius 1 is 1.28 bits per heavy atom. The van der Waals surface area contributed by atoms with E-state index < -0.39 is 38.6 Å². The van der Waals surface area contributed by atoms with Crippen LogP contribution in [-0.2, 0) is 25.5 Å². The van der Waals surface area contributed by atoms with Crippen molar-refractivity contribution in [2.45, 2.75) is 39.3 Å². The number of thioether (sulfide) groups is 1. The van der Waals surface area contributed by atoms with Crippen LogP contribution in [0.5, 0.6) is 0 Å². The van der Waals surface area contributed by atoms with Crippen molar-refractivity contribution < 1.29 is 19.1 Å². The Bertz CT molecular complexity index is 807. The lowest BCUT2D eigenvalue weighted by Gasteiger charge is -2.44. The summed E-state index contributed by atoms with van der Waals surface area (Å²) >= 11 is 24.4. The van der Waals surface area contributed by atoms with Gasteiger partial charge in [0.15, 0.2) is 0 Å². The minimum absolute atomic E-state index is 0.0934. The second-order valence-corrected chi connectivity index (χ2v) is 11.5. The van der Waals surface area contributed by atoms with Crippen molar-refractivity contribution in [3.63, 3.8) is 0 Å². The summed E-state index contributed by atoms with van der Waals surface area (Å²) < 4.78 is 2.54. The molecule has 158 valence electrons. The van der Waals surface area contributed by atoms with Crippen LogP contribution in [0.3, 0.4) is 0 Å². The fourth-order valence-electron chi connectivity index (χ4n) is 3.36. The lowest BCUT2D eigenvalue weighted by atomic mass is 9.95. The fraction of sp³-hybridized carbons (Fsp3) is 0.500. The SMILES string of the molecule is C[C@@]1(CCl)S[C@H]2C(NC(=O)Cc3ccccc3)C(=O)N2C1C(=O)OCC(Cl)(Cl)Cl. The Balaban J connectivity index is 1.68. The van der Waals surface area contributed by atoms with E-state index in [-0.39, 0.29) is 24.1 Å². The maximum absolute atomic E-state index is 12.7. The van der Waals surface area contributed by atoms with Gasteiger partial charge in [0, 0.05) is 5.88 Å². The van der Waals surface area contributed by atoms with Crippen LogP contribution in [0.2, 0.25) is 0 Å². The molecule has 0 aliphatic carbocycles. The number of hydrogen-bond acceptors (Lipinski definition) is 5. The van der Waals surface area contributed by atoms with Gasteiger partial charge in [0.05, 0.1) is 11.2 Å². The number of nitrogens with one attached hydrogen (secondary N) is 1. The normalized spacial score (nSPS) is 28.5. The predicted octanol–water partition coefficient (Wildman–Crippen LogP) is 2.91. The van der Waals surface area contributed by atoms with E-state index in [4.69, 9.17) is 51.1 Å². The van der Waals surface area contributed by atoms with Crippen LogP contribution in [0.4, 0.5) is 0 Å². The molecule has 2 fully saturated rings. The quantitative estimate of drug-likeness (QED) is 0.370. The zero-order valence-corrected chi connectivity index (χ0v) is 19.1. The van der Waals surface area contributed by atoms with E-state index in [9.17, 15) is 14.4 Å². The Labute approximate surface area is 192 Å². The largest absolute Gasteiger partial charge is 0.460 e. The predicted molar refractivity (Wildman–Crippen MR) is 114 cm³/mol. The van der Waals surface area contributed by atoms with E-state index in [1.807, 2.05) is 30.3 Å². The third kappa shape index (κ3) is 4.90. The summed E-state index contributed by atoms with van der Waals surface area (Å²) in [5.41, 5.74) is 0.839. The number of benzene rings is 1. The maximum atomic E-state index is 12.7. The number of alkyl halides is 4. The highest BCUT2D eigenvalue weighted by Crippen LogP contribution is 2.52. The van der Waals surface area contributed by atoms with Crippen molar-refractivity contribution in [3.8, 4) is 0 Å². The number of esters is 1. The molecule has 1 aromatic rings. The Morgan fingerprint density at radius 3 is 2.52 bits per heavy atom. The zero-order valence-electron chi connectivity index (χ0n) is 15.2. The molecule has 2 amide bonds. The van der Waals surface area contributed by atoms with E-state index in [2.05, 4.69) is 5.32 Å². The molecule has 2 aliphatic rings. The zero-order chi connectivity index (χ0) is 21.4. The Hall–Kier alpha value is -0.860. The van der Waals surface area contributed by atoms with E-state index in [1.165, 1.54) is 16.7 Å². The van der Waals surface area contributed by atoms with Gasteiger partial charge in [0.2, 0.25) is 15.6 Å². The molecule has 1 N–H and O–H groups in total. The Kier molecular flexibility index (Phi) is 6.85. The van der Waals surface area contributed by atoms with E-state index in [0.29, 0.717) is 0 Å². The fourth-order valence-corrected chi connectivity index (χ4v) is 5.47. The van der Waals surface area contributed by atoms with Crippen LogP contribution in [0, 0.1) is 0 Å². The van der Waals surface area contributed by atoms with Crippen molar-refractivity contribution >= 4 is 75.9 Å². The molecule has 0 saturated carbocycles. The standard InChI is InChI=1S/C18H18Cl4N2O4S/c1-17(8-19)13(16(27)28-9-18(20,21)22)24-14(26)12(15(24)29-17)23-11(25)7-10-5-3-2-4-6-10/h2-6,12-13,15H,7-9H2,1H3,(H,23,25)/t12?,13?,15-,17-/m0/s1. The number of amides is 2. The lowest BCUT2D eigenvalue weighted by Crippen LogP contribution is -2.71. The second-order valence-electron chi connectivity index (χ2n) is 7.03. The summed E-state index contributed by atoms with van der Waals surface area (Å²) in [5, 5.41) is 2.33. The molecular formula is C18H18Cl4N2O4S. The molecule has 2 heterocycles. The molecule has 11 heteroatoms. The first-order valence-corrected chi connectivity index (χ1v) is 11.2. The highest BCUT2D eigenvalue weighted by molar-refractivity contribution is 8.01. The van der Waals surface area contributed by atoms with Gasteiger partial charge in [0.1, 0.15) is 24.1 Å². The van der Waals surface area contributed by atoms with E-state index in [0.717, 1.165) is 5.56 Å². The minimum atomic E-state index is -1.76. The maximum Gasteiger partial charge on any atom is 0.330 e. The Morgan fingerprint density at radius 2 is 1.93 bits per heavy atom. The molecule has 1 aromatic carbocycles. The van der Waals surface area contributed by atoms with Gasteiger partial charge in [0.25, 0.3) is 0 Å². The molecule has 3 rings (SSSR count). The van der Waals surface area contributed by atoms with Crippen molar-refractivity contribution in [1.82, 2.24) is 10.2 Å². The van der Waals surface area contributed by atoms with Crippen LogP contribution in [0.1, 0.15) is 12.5 Å². The van der Waals surface area contributed by atoms with Crippen LogP contribution in [0.15, 0.2) is 30.3 Å². The third-order valence-corrected chi connectivity index (χ3v) is 7.40. The summed E-state index contributed by atoms with van der Waals surface area (Å²) in [5.74, 6) is -1.24. The highest BCUT2D eigenvalue weighted by atomic mass is 35.6. The lowest BCUT2D eigenvalue weighted by molar-refractivity contribution is -0.164. The number of ether oxygens (including phenoxy) is 1. The first-order chi connectivity index (χ1) is 13.6. The summed E-state index contributed by atoms with van der Waals surface area (Å²) in [7, 11) is 0. The number of rotatable bonds is 6. The van der Waals surface area contributed by atoms with Crippen LogP contribution < -0.4 is 5.32 Å². The molecular weight excluding hydrogens is 482 g/mol. The number of carbonyl (C=O) groups excluding carboxylic acids is 3. The van der Waals surface area contributed by atoms with Gasteiger partial charge in [-0.3, -0.25) is 9.59 Å². The number of fused-ring (bicyclic) bond motifs is 1. The average molecular weight is 500 g/mol. The molecule has 0 spiro atoms. The first kappa shape index (κ1) is 22.8. The number of carbonyl (C=O) groups is 3. The number of β-lactam (4-membered cyclic amide) rings is 1. The monoisotopic (exact) mass is 498 g/mol. The van der Waals surface area contributed by atoms with Crippen molar-refractivity contribution in [2.75, 3.05) is 12.5 Å². The van der Waals surface area contributed by atoms with E-state index in [1.54, 1.807) is 6.92 Å². The molecule has 2 unspecified atom stereocenters. The highest BCUT2D eigenvalue weighted by Gasteiger charge is 2.65. The van der Waals surface area contributed by atoms with Gasteiger partial charge in [-0.15, -0.1) is 23.4 Å². The summed E-state index contributed by atoms with van der Waals surface area (Å²) in [6.07, 6.45) is 0.156. The molecule has 2 saturated heterocycles. The van der Waals surface area contributed by atoms with Gasteiger partial charge in [-0.1, -0.05) is 65.1 Å². The summed E-state index contributed by atoms with van der Waals surface area (Å²) in [6.45, 7) is 1.32. The molecule has 0 aromatic heterocycles. The molecule has 29 heavy (non-hydrogen) atoms. The topological polar surface area (TPSA) is 75.7 Å². The number of nitrogens with zero attached hydrogens (tertiary/aromatic N) is 1. The van der Waals surface area contributed by atoms with Crippen LogP contribution in [-0.4, -0.2) is 61.2 Å². The van der Waals surface area contributed by atoms with Crippen molar-refractivity contribution in [1.29, 1.82) is 0 Å². The van der Waals surface area contributed by atoms with Gasteiger partial charge in [-0.2, -0.15) is 0 Å². The molecule has 2 aliphatic heterocycles. The minimum Gasteiger partial charge on any atom is -0.460 e. The van der Waals surface area contributed by atoms with E-state index >= 15 is 0 Å². The molecule has 4 atom stereocenters. The van der Waals surface area contributed by atoms with Crippen LogP contribution in [0.25, 0.3) is 0 Å². The first-order valence-electron chi connectivity index (χ1n) is 8.68. The molecule has 0 bridgehead atoms. The second kappa shape index (κ2) is 8.71. The van der Waals surface area contributed by atoms with Gasteiger partial charge >= 0.3 is 5.97 Å². The number of hydrogen-bond donors (Lipinski definition) is 1. The van der Waals surface area contributed by atoms with Gasteiger partial charge < -0.3 is 15.0 Å². The van der Waals surface area contributed by atoms with Crippen molar-refractivity contribution in [3.05, 3.63) is 35.9 Å². The third-order valence-electron chi connectivity index (χ3n) is 4.72. The van der Waals surface area contributed by atoms with Gasteiger partial charge in [-0.25, -0.2) is 4.79 Å². The molecule has 0 radical (unpaired) electrons. The molecule has 6 nitrogen and oxygen atoms in total.